The number of carboxylic acids is 1. The summed E-state index contributed by atoms with van der Waals surface area (Å²) in [5.74, 6) is -2.66. The molecule has 0 aromatic carbocycles. The van der Waals surface area contributed by atoms with Crippen LogP contribution in [0.15, 0.2) is 12.3 Å². The van der Waals surface area contributed by atoms with E-state index in [1.54, 1.807) is 44.8 Å². The SMILES string of the molecule is Cn1ccc(CNC(=O)C(C(=O)O)C(C)(C)C)n1. The lowest BCUT2D eigenvalue weighted by Crippen LogP contribution is -2.42. The number of aliphatic carboxylic acids is 1. The van der Waals surface area contributed by atoms with Gasteiger partial charge in [-0.1, -0.05) is 20.8 Å². The van der Waals surface area contributed by atoms with Gasteiger partial charge in [-0.25, -0.2) is 0 Å². The number of hydrogen-bond acceptors (Lipinski definition) is 3. The molecule has 1 rings (SSSR count). The fourth-order valence-electron chi connectivity index (χ4n) is 1.71. The number of carbonyl (C=O) groups is 2. The fraction of sp³-hybridized carbons (Fsp3) is 0.583. The molecular formula is C12H19N3O3. The molecule has 0 saturated heterocycles. The van der Waals surface area contributed by atoms with Crippen LogP contribution in [-0.2, 0) is 23.2 Å². The van der Waals surface area contributed by atoms with Crippen LogP contribution in [0.1, 0.15) is 26.5 Å². The summed E-state index contributed by atoms with van der Waals surface area (Å²) in [5, 5.41) is 15.8. The maximum Gasteiger partial charge on any atom is 0.316 e. The Morgan fingerprint density at radius 2 is 2.11 bits per heavy atom. The van der Waals surface area contributed by atoms with E-state index in [-0.39, 0.29) is 6.54 Å². The zero-order chi connectivity index (χ0) is 13.9. The Bertz CT molecular complexity index is 446. The highest BCUT2D eigenvalue weighted by atomic mass is 16.4. The Morgan fingerprint density at radius 3 is 2.50 bits per heavy atom. The molecule has 2 N–H and O–H groups in total. The molecule has 0 aliphatic heterocycles. The molecule has 1 aromatic heterocycles. The Labute approximate surface area is 106 Å². The van der Waals surface area contributed by atoms with Gasteiger partial charge in [0.15, 0.2) is 0 Å². The first-order valence-corrected chi connectivity index (χ1v) is 5.71. The van der Waals surface area contributed by atoms with E-state index < -0.39 is 23.2 Å². The summed E-state index contributed by atoms with van der Waals surface area (Å²) >= 11 is 0. The van der Waals surface area contributed by atoms with Crippen molar-refractivity contribution in [1.82, 2.24) is 15.1 Å². The first-order chi connectivity index (χ1) is 8.21. The molecule has 0 spiro atoms. The molecule has 6 nitrogen and oxygen atoms in total. The second-order valence-electron chi connectivity index (χ2n) is 5.34. The van der Waals surface area contributed by atoms with Gasteiger partial charge >= 0.3 is 5.97 Å². The Hall–Kier alpha value is -1.85. The molecule has 100 valence electrons. The fourth-order valence-corrected chi connectivity index (χ4v) is 1.71. The van der Waals surface area contributed by atoms with E-state index in [4.69, 9.17) is 5.11 Å². The van der Waals surface area contributed by atoms with Crippen LogP contribution >= 0.6 is 0 Å². The monoisotopic (exact) mass is 253 g/mol. The minimum atomic E-state index is -1.11. The topological polar surface area (TPSA) is 84.2 Å². The Balaban J connectivity index is 2.66. The number of carbonyl (C=O) groups excluding carboxylic acids is 1. The number of rotatable bonds is 4. The van der Waals surface area contributed by atoms with Gasteiger partial charge < -0.3 is 10.4 Å². The Kier molecular flexibility index (Phi) is 4.11. The van der Waals surface area contributed by atoms with Gasteiger partial charge in [-0.05, 0) is 11.5 Å². The zero-order valence-corrected chi connectivity index (χ0v) is 11.1. The summed E-state index contributed by atoms with van der Waals surface area (Å²) in [5.41, 5.74) is 0.0731. The van der Waals surface area contributed by atoms with Gasteiger partial charge in [0.1, 0.15) is 5.92 Å². The molecule has 1 aromatic rings. The van der Waals surface area contributed by atoms with E-state index in [0.717, 1.165) is 0 Å². The van der Waals surface area contributed by atoms with Crippen molar-refractivity contribution in [2.24, 2.45) is 18.4 Å². The number of carboxylic acid groups (broad SMARTS) is 1. The molecule has 18 heavy (non-hydrogen) atoms. The van der Waals surface area contributed by atoms with Crippen molar-refractivity contribution in [3.63, 3.8) is 0 Å². The molecule has 6 heteroatoms. The van der Waals surface area contributed by atoms with Gasteiger partial charge in [0, 0.05) is 13.2 Å². The van der Waals surface area contributed by atoms with E-state index in [0.29, 0.717) is 5.69 Å². The molecular weight excluding hydrogens is 234 g/mol. The Morgan fingerprint density at radius 1 is 1.50 bits per heavy atom. The molecule has 1 atom stereocenters. The predicted molar refractivity (Wildman–Crippen MR) is 65.6 cm³/mol. The summed E-state index contributed by atoms with van der Waals surface area (Å²) in [6.07, 6.45) is 1.76. The summed E-state index contributed by atoms with van der Waals surface area (Å²) in [7, 11) is 1.78. The third-order valence-corrected chi connectivity index (χ3v) is 2.59. The lowest BCUT2D eigenvalue weighted by molar-refractivity contribution is -0.151. The van der Waals surface area contributed by atoms with Crippen LogP contribution in [-0.4, -0.2) is 26.8 Å². The van der Waals surface area contributed by atoms with Crippen LogP contribution in [0.3, 0.4) is 0 Å². The number of nitrogens with zero attached hydrogens (tertiary/aromatic N) is 2. The highest BCUT2D eigenvalue weighted by Gasteiger charge is 2.37. The van der Waals surface area contributed by atoms with Crippen LogP contribution in [0.5, 0.6) is 0 Å². The van der Waals surface area contributed by atoms with Crippen molar-refractivity contribution < 1.29 is 14.7 Å². The lowest BCUT2D eigenvalue weighted by atomic mass is 9.80. The normalized spacial score (nSPS) is 13.1. The van der Waals surface area contributed by atoms with Crippen molar-refractivity contribution in [1.29, 1.82) is 0 Å². The lowest BCUT2D eigenvalue weighted by Gasteiger charge is -2.25. The van der Waals surface area contributed by atoms with E-state index in [9.17, 15) is 9.59 Å². The minimum absolute atomic E-state index is 0.236. The standard InChI is InChI=1S/C12H19N3O3/c1-12(2,3)9(11(17)18)10(16)13-7-8-5-6-15(4)14-8/h5-6,9H,7H2,1-4H3,(H,13,16)(H,17,18). The number of aromatic nitrogens is 2. The average molecular weight is 253 g/mol. The molecule has 1 amide bonds. The highest BCUT2D eigenvalue weighted by molar-refractivity contribution is 5.97. The molecule has 0 fully saturated rings. The predicted octanol–water partition coefficient (Wildman–Crippen LogP) is 0.783. The maximum atomic E-state index is 11.9. The summed E-state index contributed by atoms with van der Waals surface area (Å²) in [4.78, 5) is 23.0. The molecule has 0 aliphatic rings. The van der Waals surface area contributed by atoms with Gasteiger partial charge in [0.25, 0.3) is 0 Å². The van der Waals surface area contributed by atoms with Crippen LogP contribution in [0.4, 0.5) is 0 Å². The van der Waals surface area contributed by atoms with Crippen molar-refractivity contribution in [2.45, 2.75) is 27.3 Å². The van der Waals surface area contributed by atoms with Gasteiger partial charge in [-0.15, -0.1) is 0 Å². The van der Waals surface area contributed by atoms with Gasteiger partial charge in [0.05, 0.1) is 12.2 Å². The number of amides is 1. The number of aryl methyl sites for hydroxylation is 1. The molecule has 0 bridgehead atoms. The molecule has 1 heterocycles. The first-order valence-electron chi connectivity index (χ1n) is 5.71. The molecule has 0 saturated carbocycles. The van der Waals surface area contributed by atoms with E-state index in [1.165, 1.54) is 0 Å². The van der Waals surface area contributed by atoms with Crippen LogP contribution in [0.25, 0.3) is 0 Å². The largest absolute Gasteiger partial charge is 0.481 e. The third kappa shape index (κ3) is 3.58. The first kappa shape index (κ1) is 14.2. The zero-order valence-electron chi connectivity index (χ0n) is 11.1. The summed E-state index contributed by atoms with van der Waals surface area (Å²) in [6.45, 7) is 5.42. The summed E-state index contributed by atoms with van der Waals surface area (Å²) < 4.78 is 1.62. The van der Waals surface area contributed by atoms with E-state index in [1.807, 2.05) is 0 Å². The van der Waals surface area contributed by atoms with Crippen LogP contribution in [0, 0.1) is 11.3 Å². The van der Waals surface area contributed by atoms with Gasteiger partial charge in [0.2, 0.25) is 5.91 Å². The van der Waals surface area contributed by atoms with Crippen molar-refractivity contribution in [3.8, 4) is 0 Å². The van der Waals surface area contributed by atoms with Gasteiger partial charge in [-0.2, -0.15) is 5.10 Å². The van der Waals surface area contributed by atoms with Crippen molar-refractivity contribution >= 4 is 11.9 Å². The quantitative estimate of drug-likeness (QED) is 0.777. The van der Waals surface area contributed by atoms with Gasteiger partial charge in [-0.3, -0.25) is 14.3 Å². The molecule has 1 unspecified atom stereocenters. The smallest absolute Gasteiger partial charge is 0.316 e. The maximum absolute atomic E-state index is 11.9. The third-order valence-electron chi connectivity index (χ3n) is 2.59. The number of nitrogens with one attached hydrogen (secondary N) is 1. The van der Waals surface area contributed by atoms with Crippen molar-refractivity contribution in [2.75, 3.05) is 0 Å². The van der Waals surface area contributed by atoms with Crippen LogP contribution < -0.4 is 5.32 Å². The van der Waals surface area contributed by atoms with E-state index in [2.05, 4.69) is 10.4 Å². The average Bonchev–Trinajstić information content (AvgIpc) is 2.58. The van der Waals surface area contributed by atoms with Crippen LogP contribution in [0.2, 0.25) is 0 Å². The molecule has 0 radical (unpaired) electrons. The second kappa shape index (κ2) is 5.20. The minimum Gasteiger partial charge on any atom is -0.481 e. The highest BCUT2D eigenvalue weighted by Crippen LogP contribution is 2.26. The second-order valence-corrected chi connectivity index (χ2v) is 5.34. The summed E-state index contributed by atoms with van der Waals surface area (Å²) in [6, 6.07) is 1.77. The van der Waals surface area contributed by atoms with Crippen molar-refractivity contribution in [3.05, 3.63) is 18.0 Å². The van der Waals surface area contributed by atoms with E-state index >= 15 is 0 Å². The number of hydrogen-bond donors (Lipinski definition) is 2. The molecule has 0 aliphatic carbocycles.